The number of aryl methyl sites for hydroxylation is 1. The van der Waals surface area contributed by atoms with Crippen LogP contribution in [0.5, 0.6) is 5.88 Å². The van der Waals surface area contributed by atoms with Crippen LogP contribution in [0, 0.1) is 18.6 Å². The largest absolute Gasteiger partial charge is 0.479 e. The van der Waals surface area contributed by atoms with Gasteiger partial charge in [0.05, 0.1) is 56.7 Å². The minimum Gasteiger partial charge on any atom is -0.479 e. The molecule has 0 bridgehead atoms. The van der Waals surface area contributed by atoms with Gasteiger partial charge in [0.25, 0.3) is 12.3 Å². The highest BCUT2D eigenvalue weighted by Gasteiger charge is 2.51. The summed E-state index contributed by atoms with van der Waals surface area (Å²) in [6, 6.07) is 0.988. The summed E-state index contributed by atoms with van der Waals surface area (Å²) in [5, 5.41) is 6.80. The Morgan fingerprint density at radius 2 is 1.95 bits per heavy atom. The van der Waals surface area contributed by atoms with Gasteiger partial charge in [-0.25, -0.2) is 35.8 Å². The third-order valence-electron chi connectivity index (χ3n) is 7.13. The first kappa shape index (κ1) is 25.7. The van der Waals surface area contributed by atoms with Crippen LogP contribution in [-0.4, -0.2) is 86.9 Å². The zero-order valence-corrected chi connectivity index (χ0v) is 20.8. The molecule has 1 atom stereocenters. The lowest BCUT2D eigenvalue weighted by atomic mass is 10.1. The topological polar surface area (TPSA) is 81.7 Å². The second kappa shape index (κ2) is 9.26. The summed E-state index contributed by atoms with van der Waals surface area (Å²) >= 11 is 0. The van der Waals surface area contributed by atoms with E-state index < -0.39 is 43.1 Å². The van der Waals surface area contributed by atoms with Crippen molar-refractivity contribution in [2.24, 2.45) is 0 Å². The van der Waals surface area contributed by atoms with Gasteiger partial charge in [0, 0.05) is 6.54 Å². The number of nitrogens with one attached hydrogen (secondary N) is 1. The molecule has 39 heavy (non-hydrogen) atoms. The average molecular weight is 555 g/mol. The molecule has 15 heteroatoms. The first-order valence-electron chi connectivity index (χ1n) is 12.1. The number of ether oxygens (including phenoxy) is 2. The Kier molecular flexibility index (Phi) is 6.10. The van der Waals surface area contributed by atoms with Crippen molar-refractivity contribution >= 4 is 22.5 Å². The van der Waals surface area contributed by atoms with Gasteiger partial charge in [-0.1, -0.05) is 0 Å². The summed E-state index contributed by atoms with van der Waals surface area (Å²) in [6.45, 7) is 1.10. The molecule has 0 spiro atoms. The van der Waals surface area contributed by atoms with E-state index in [4.69, 9.17) is 9.47 Å². The fourth-order valence-electron chi connectivity index (χ4n) is 5.14. The Balaban J connectivity index is 1.40. The first-order valence-corrected chi connectivity index (χ1v) is 12.1. The Bertz CT molecular complexity index is 1570. The van der Waals surface area contributed by atoms with Crippen LogP contribution in [0.1, 0.15) is 5.82 Å². The summed E-state index contributed by atoms with van der Waals surface area (Å²) in [4.78, 5) is 9.84. The van der Waals surface area contributed by atoms with Gasteiger partial charge in [0.15, 0.2) is 11.6 Å². The summed E-state index contributed by atoms with van der Waals surface area (Å²) < 4.78 is 98.8. The number of methoxy groups -OCH3 is 1. The van der Waals surface area contributed by atoms with Crippen LogP contribution in [0.2, 0.25) is 0 Å². The maximum atomic E-state index is 15.3. The number of imidazole rings is 1. The highest BCUT2D eigenvalue weighted by molar-refractivity contribution is 5.90. The lowest BCUT2D eigenvalue weighted by Crippen LogP contribution is -2.48. The van der Waals surface area contributed by atoms with Crippen LogP contribution in [0.25, 0.3) is 27.7 Å². The van der Waals surface area contributed by atoms with E-state index in [0.717, 1.165) is 21.3 Å². The molecule has 0 radical (unpaired) electrons. The molecule has 3 aromatic heterocycles. The predicted molar refractivity (Wildman–Crippen MR) is 127 cm³/mol. The van der Waals surface area contributed by atoms with E-state index in [9.17, 15) is 17.6 Å². The summed E-state index contributed by atoms with van der Waals surface area (Å²) in [5.74, 6) is -4.95. The number of benzene rings is 1. The standard InChI is InChI=1S/C24H23F6N7O2/c1-11-31-20-14(25)3-12(4-16(20)36(11)7-18(27)28)19-15(26)5-37-21(19)22(38-2)33-23(34-37)32-17-6-35(10-24(17,29)30)13-8-39-9-13/h3-5,13,17-18H,6-10H2,1-2H3,(H,32,34)/t17-/m1/s1. The first-order chi connectivity index (χ1) is 18.6. The van der Waals surface area contributed by atoms with Crippen molar-refractivity contribution in [1.82, 2.24) is 29.0 Å². The number of fused-ring (bicyclic) bond motifs is 2. The Morgan fingerprint density at radius 3 is 2.62 bits per heavy atom. The number of likely N-dealkylation sites (tertiary alicyclic amines) is 1. The summed E-state index contributed by atoms with van der Waals surface area (Å²) in [7, 11) is 1.26. The van der Waals surface area contributed by atoms with Crippen LogP contribution in [0.4, 0.5) is 32.3 Å². The SMILES string of the molecule is COc1nc(N[C@@H]2CN(C3COC3)CC2(F)F)nn2cc(F)c(-c3cc(F)c4nc(C)n(CC(F)F)c4c3)c12. The van der Waals surface area contributed by atoms with Gasteiger partial charge in [-0.3, -0.25) is 4.90 Å². The van der Waals surface area contributed by atoms with Crippen LogP contribution in [-0.2, 0) is 11.3 Å². The van der Waals surface area contributed by atoms with E-state index in [1.807, 2.05) is 0 Å². The smallest absolute Gasteiger partial charge is 0.281 e. The number of nitrogens with zero attached hydrogens (tertiary/aromatic N) is 6. The molecule has 1 aromatic carbocycles. The molecule has 4 aromatic rings. The molecule has 2 aliphatic heterocycles. The Morgan fingerprint density at radius 1 is 1.18 bits per heavy atom. The maximum absolute atomic E-state index is 15.3. The van der Waals surface area contributed by atoms with Gasteiger partial charge in [-0.05, 0) is 24.6 Å². The molecule has 5 heterocycles. The zero-order valence-electron chi connectivity index (χ0n) is 20.8. The molecule has 1 N–H and O–H groups in total. The minimum absolute atomic E-state index is 0.00220. The highest BCUT2D eigenvalue weighted by atomic mass is 19.3. The monoisotopic (exact) mass is 555 g/mol. The zero-order chi connectivity index (χ0) is 27.6. The lowest BCUT2D eigenvalue weighted by molar-refractivity contribution is -0.0711. The molecule has 6 rings (SSSR count). The average Bonchev–Trinajstić information content (AvgIpc) is 3.42. The second-order valence-electron chi connectivity index (χ2n) is 9.66. The predicted octanol–water partition coefficient (Wildman–Crippen LogP) is 3.74. The molecule has 0 unspecified atom stereocenters. The van der Waals surface area contributed by atoms with Crippen molar-refractivity contribution in [3.8, 4) is 17.0 Å². The van der Waals surface area contributed by atoms with E-state index in [1.54, 1.807) is 4.90 Å². The van der Waals surface area contributed by atoms with E-state index in [1.165, 1.54) is 20.1 Å². The molecule has 2 fully saturated rings. The third-order valence-corrected chi connectivity index (χ3v) is 7.13. The van der Waals surface area contributed by atoms with Crippen LogP contribution < -0.4 is 10.1 Å². The Labute approximate surface area is 217 Å². The van der Waals surface area contributed by atoms with Crippen molar-refractivity contribution in [1.29, 1.82) is 0 Å². The van der Waals surface area contributed by atoms with Crippen molar-refractivity contribution in [2.45, 2.75) is 37.9 Å². The van der Waals surface area contributed by atoms with Gasteiger partial charge in [0.1, 0.15) is 22.9 Å². The van der Waals surface area contributed by atoms with Gasteiger partial charge in [0.2, 0.25) is 11.8 Å². The molecular weight excluding hydrogens is 532 g/mol. The third kappa shape index (κ3) is 4.33. The number of rotatable bonds is 7. The molecule has 2 saturated heterocycles. The van der Waals surface area contributed by atoms with Gasteiger partial charge in [-0.15, -0.1) is 5.10 Å². The number of halogens is 6. The number of aromatic nitrogens is 5. The minimum atomic E-state index is -3.08. The van der Waals surface area contributed by atoms with Crippen molar-refractivity contribution in [3.05, 3.63) is 35.8 Å². The number of hydrogen-bond donors (Lipinski definition) is 1. The van der Waals surface area contributed by atoms with E-state index in [0.29, 0.717) is 13.2 Å². The highest BCUT2D eigenvalue weighted by Crippen LogP contribution is 2.37. The lowest BCUT2D eigenvalue weighted by Gasteiger charge is -2.34. The van der Waals surface area contributed by atoms with Gasteiger partial charge < -0.3 is 19.4 Å². The van der Waals surface area contributed by atoms with Gasteiger partial charge >= 0.3 is 0 Å². The van der Waals surface area contributed by atoms with Gasteiger partial charge in [-0.2, -0.15) is 4.98 Å². The fourth-order valence-corrected chi connectivity index (χ4v) is 5.14. The molecule has 0 saturated carbocycles. The normalized spacial score (nSPS) is 19.9. The molecule has 2 aliphatic rings. The number of anilines is 1. The quantitative estimate of drug-likeness (QED) is 0.348. The van der Waals surface area contributed by atoms with E-state index in [-0.39, 0.29) is 57.9 Å². The fraction of sp³-hybridized carbons (Fsp3) is 0.458. The van der Waals surface area contributed by atoms with Crippen molar-refractivity contribution in [3.63, 3.8) is 0 Å². The summed E-state index contributed by atoms with van der Waals surface area (Å²) in [6.07, 6.45) is -1.74. The summed E-state index contributed by atoms with van der Waals surface area (Å²) in [5.41, 5.74) is -0.204. The van der Waals surface area contributed by atoms with Crippen molar-refractivity contribution in [2.75, 3.05) is 38.7 Å². The van der Waals surface area contributed by atoms with Crippen LogP contribution >= 0.6 is 0 Å². The number of hydrogen-bond acceptors (Lipinski definition) is 7. The maximum Gasteiger partial charge on any atom is 0.281 e. The molecule has 0 aliphatic carbocycles. The van der Waals surface area contributed by atoms with Crippen molar-refractivity contribution < 1.29 is 35.8 Å². The molecule has 0 amide bonds. The Hall–Kier alpha value is -3.59. The molecule has 208 valence electrons. The van der Waals surface area contributed by atoms with E-state index >= 15 is 8.78 Å². The van der Waals surface area contributed by atoms with Crippen LogP contribution in [0.15, 0.2) is 18.3 Å². The van der Waals surface area contributed by atoms with Crippen LogP contribution in [0.3, 0.4) is 0 Å². The number of alkyl halides is 4. The second-order valence-corrected chi connectivity index (χ2v) is 9.66. The van der Waals surface area contributed by atoms with E-state index in [2.05, 4.69) is 20.4 Å². The molecular formula is C24H23F6N7O2. The molecule has 9 nitrogen and oxygen atoms in total.